The molecule has 8 nitrogen and oxygen atoms in total. The van der Waals surface area contributed by atoms with Gasteiger partial charge in [0.25, 0.3) is 0 Å². The van der Waals surface area contributed by atoms with Crippen LogP contribution in [0.2, 0.25) is 0 Å². The number of carboxylic acid groups (broad SMARTS) is 1. The number of benzene rings is 1. The van der Waals surface area contributed by atoms with Gasteiger partial charge in [-0.2, -0.15) is 0 Å². The van der Waals surface area contributed by atoms with Gasteiger partial charge in [-0.1, -0.05) is 18.2 Å². The summed E-state index contributed by atoms with van der Waals surface area (Å²) < 4.78 is 0. The van der Waals surface area contributed by atoms with Crippen LogP contribution in [0.5, 0.6) is 0 Å². The second kappa shape index (κ2) is 7.67. The summed E-state index contributed by atoms with van der Waals surface area (Å²) in [6.07, 6.45) is 0.385. The lowest BCUT2D eigenvalue weighted by atomic mass is 9.88. The summed E-state index contributed by atoms with van der Waals surface area (Å²) in [5.41, 5.74) is 1.39. The smallest absolute Gasteiger partial charge is 0.407 e. The molecule has 0 spiro atoms. The molecule has 1 aromatic rings. The number of hydrogen-bond donors (Lipinski definition) is 3. The predicted molar refractivity (Wildman–Crippen MR) is 89.4 cm³/mol. The SMILES string of the molecule is CNC(=O)N(C(=O)NC)c1ccccc1C1CCN(C(=O)O)CC1. The van der Waals surface area contributed by atoms with Crippen LogP contribution in [0.3, 0.4) is 0 Å². The van der Waals surface area contributed by atoms with Crippen molar-refractivity contribution < 1.29 is 19.5 Å². The van der Waals surface area contributed by atoms with Crippen LogP contribution in [0.15, 0.2) is 24.3 Å². The Morgan fingerprint density at radius 3 is 2.12 bits per heavy atom. The van der Waals surface area contributed by atoms with E-state index in [4.69, 9.17) is 5.11 Å². The van der Waals surface area contributed by atoms with Gasteiger partial charge in [0, 0.05) is 27.2 Å². The fourth-order valence-corrected chi connectivity index (χ4v) is 2.95. The van der Waals surface area contributed by atoms with E-state index in [-0.39, 0.29) is 5.92 Å². The highest BCUT2D eigenvalue weighted by Gasteiger charge is 2.29. The minimum atomic E-state index is -0.918. The number of urea groups is 2. The van der Waals surface area contributed by atoms with Crippen LogP contribution >= 0.6 is 0 Å². The van der Waals surface area contributed by atoms with Crippen LogP contribution in [-0.4, -0.2) is 55.3 Å². The van der Waals surface area contributed by atoms with E-state index in [9.17, 15) is 14.4 Å². The molecular formula is C16H22N4O4. The maximum Gasteiger partial charge on any atom is 0.407 e. The van der Waals surface area contributed by atoms with Gasteiger partial charge in [-0.25, -0.2) is 19.3 Å². The highest BCUT2D eigenvalue weighted by atomic mass is 16.4. The summed E-state index contributed by atoms with van der Waals surface area (Å²) >= 11 is 0. The molecule has 0 aromatic heterocycles. The van der Waals surface area contributed by atoms with Crippen molar-refractivity contribution in [1.29, 1.82) is 0 Å². The predicted octanol–water partition coefficient (Wildman–Crippen LogP) is 2.03. The van der Waals surface area contributed by atoms with Gasteiger partial charge >= 0.3 is 18.2 Å². The third-order valence-corrected chi connectivity index (χ3v) is 4.22. The first kappa shape index (κ1) is 17.6. The van der Waals surface area contributed by atoms with Crippen molar-refractivity contribution in [3.8, 4) is 0 Å². The number of carbonyl (C=O) groups is 3. The lowest BCUT2D eigenvalue weighted by Gasteiger charge is -2.32. The van der Waals surface area contributed by atoms with E-state index in [2.05, 4.69) is 10.6 Å². The van der Waals surface area contributed by atoms with Gasteiger partial charge in [-0.05, 0) is 30.4 Å². The van der Waals surface area contributed by atoms with Gasteiger partial charge in [-0.15, -0.1) is 0 Å². The molecule has 0 aliphatic carbocycles. The van der Waals surface area contributed by atoms with Crippen LogP contribution in [0.25, 0.3) is 0 Å². The molecule has 24 heavy (non-hydrogen) atoms. The molecular weight excluding hydrogens is 312 g/mol. The fourth-order valence-electron chi connectivity index (χ4n) is 2.95. The Balaban J connectivity index is 2.31. The summed E-state index contributed by atoms with van der Waals surface area (Å²) in [4.78, 5) is 37.8. The molecule has 0 unspecified atom stereocenters. The average molecular weight is 334 g/mol. The highest BCUT2D eigenvalue weighted by molar-refractivity contribution is 6.13. The highest BCUT2D eigenvalue weighted by Crippen LogP contribution is 2.34. The maximum absolute atomic E-state index is 12.2. The van der Waals surface area contributed by atoms with Crippen LogP contribution in [0.1, 0.15) is 24.3 Å². The monoisotopic (exact) mass is 334 g/mol. The van der Waals surface area contributed by atoms with Crippen LogP contribution in [-0.2, 0) is 0 Å². The van der Waals surface area contributed by atoms with E-state index >= 15 is 0 Å². The first-order valence-electron chi connectivity index (χ1n) is 7.80. The van der Waals surface area contributed by atoms with Crippen molar-refractivity contribution >= 4 is 23.8 Å². The number of hydrogen-bond acceptors (Lipinski definition) is 3. The molecule has 0 atom stereocenters. The number of nitrogens with one attached hydrogen (secondary N) is 2. The lowest BCUT2D eigenvalue weighted by Crippen LogP contribution is -2.47. The maximum atomic E-state index is 12.2. The quantitative estimate of drug-likeness (QED) is 0.770. The first-order valence-corrected chi connectivity index (χ1v) is 7.80. The van der Waals surface area contributed by atoms with E-state index in [1.165, 1.54) is 19.0 Å². The Kier molecular flexibility index (Phi) is 5.62. The Hall–Kier alpha value is -2.77. The Bertz CT molecular complexity index is 610. The van der Waals surface area contributed by atoms with Crippen molar-refractivity contribution in [3.63, 3.8) is 0 Å². The number of rotatable bonds is 2. The Morgan fingerprint density at radius 1 is 1.08 bits per heavy atom. The van der Waals surface area contributed by atoms with Gasteiger partial charge < -0.3 is 20.6 Å². The third kappa shape index (κ3) is 3.58. The molecule has 1 fully saturated rings. The van der Waals surface area contributed by atoms with Gasteiger partial charge in [0.15, 0.2) is 0 Å². The molecule has 1 aliphatic rings. The van der Waals surface area contributed by atoms with E-state index in [1.807, 2.05) is 12.1 Å². The Labute approximate surface area is 140 Å². The standard InChI is InChI=1S/C16H22N4O4/c1-17-14(21)20(15(22)18-2)13-6-4-3-5-12(13)11-7-9-19(10-8-11)16(23)24/h3-6,11H,7-10H2,1-2H3,(H,17,21)(H,18,22)(H,23,24). The van der Waals surface area contributed by atoms with E-state index in [0.29, 0.717) is 31.6 Å². The molecule has 1 heterocycles. The van der Waals surface area contributed by atoms with Crippen molar-refractivity contribution in [2.75, 3.05) is 32.1 Å². The summed E-state index contributed by atoms with van der Waals surface area (Å²) in [6, 6.07) is 6.19. The van der Waals surface area contributed by atoms with Gasteiger partial charge in [0.05, 0.1) is 5.69 Å². The minimum Gasteiger partial charge on any atom is -0.465 e. The number of para-hydroxylation sites is 1. The second-order valence-corrected chi connectivity index (χ2v) is 5.55. The number of piperidine rings is 1. The molecule has 1 aromatic carbocycles. The molecule has 0 radical (unpaired) electrons. The number of nitrogens with zero attached hydrogens (tertiary/aromatic N) is 2. The van der Waals surface area contributed by atoms with Crippen LogP contribution in [0.4, 0.5) is 20.1 Å². The molecule has 8 heteroatoms. The van der Waals surface area contributed by atoms with Crippen LogP contribution in [0, 0.1) is 0 Å². The second-order valence-electron chi connectivity index (χ2n) is 5.55. The van der Waals surface area contributed by atoms with E-state index < -0.39 is 18.2 Å². The number of likely N-dealkylation sites (tertiary alicyclic amines) is 1. The summed E-state index contributed by atoms with van der Waals surface area (Å²) in [5.74, 6) is 0.0913. The molecule has 2 rings (SSSR count). The Morgan fingerprint density at radius 2 is 1.62 bits per heavy atom. The van der Waals surface area contributed by atoms with Crippen molar-refractivity contribution in [2.24, 2.45) is 0 Å². The summed E-state index contributed by atoms with van der Waals surface area (Å²) in [6.45, 7) is 0.878. The fraction of sp³-hybridized carbons (Fsp3) is 0.438. The molecule has 5 amide bonds. The van der Waals surface area contributed by atoms with Crippen LogP contribution < -0.4 is 15.5 Å². The normalized spacial score (nSPS) is 14.8. The molecule has 130 valence electrons. The zero-order chi connectivity index (χ0) is 17.7. The van der Waals surface area contributed by atoms with Crippen molar-refractivity contribution in [3.05, 3.63) is 29.8 Å². The molecule has 1 aliphatic heterocycles. The third-order valence-electron chi connectivity index (χ3n) is 4.22. The zero-order valence-electron chi connectivity index (χ0n) is 13.8. The van der Waals surface area contributed by atoms with E-state index in [1.54, 1.807) is 12.1 Å². The molecule has 3 N–H and O–H groups in total. The molecule has 0 bridgehead atoms. The molecule has 0 saturated carbocycles. The summed E-state index contributed by atoms with van der Waals surface area (Å²) in [7, 11) is 2.93. The zero-order valence-corrected chi connectivity index (χ0v) is 13.8. The number of imide groups is 1. The summed E-state index contributed by atoms with van der Waals surface area (Å²) in [5, 5.41) is 14.0. The van der Waals surface area contributed by atoms with Gasteiger partial charge in [0.2, 0.25) is 0 Å². The van der Waals surface area contributed by atoms with Crippen molar-refractivity contribution in [2.45, 2.75) is 18.8 Å². The van der Waals surface area contributed by atoms with E-state index in [0.717, 1.165) is 10.5 Å². The largest absolute Gasteiger partial charge is 0.465 e. The minimum absolute atomic E-state index is 0.0913. The topological polar surface area (TPSA) is 102 Å². The van der Waals surface area contributed by atoms with Crippen molar-refractivity contribution in [1.82, 2.24) is 15.5 Å². The van der Waals surface area contributed by atoms with Gasteiger partial charge in [0.1, 0.15) is 0 Å². The van der Waals surface area contributed by atoms with Gasteiger partial charge in [-0.3, -0.25) is 0 Å². The average Bonchev–Trinajstić information content (AvgIpc) is 2.62. The first-order chi connectivity index (χ1) is 11.5. The number of carbonyl (C=O) groups excluding carboxylic acids is 2. The number of anilines is 1. The number of amides is 5. The lowest BCUT2D eigenvalue weighted by molar-refractivity contribution is 0.132. The molecule has 1 saturated heterocycles.